The maximum Gasteiger partial charge on any atom is 0.243 e. The van der Waals surface area contributed by atoms with Gasteiger partial charge in [-0.2, -0.15) is 0 Å². The lowest BCUT2D eigenvalue weighted by Crippen LogP contribution is -2.55. The number of halogens is 1. The lowest BCUT2D eigenvalue weighted by molar-refractivity contribution is -0.143. The summed E-state index contributed by atoms with van der Waals surface area (Å²) < 4.78 is 0. The summed E-state index contributed by atoms with van der Waals surface area (Å²) in [4.78, 5) is 27.9. The number of amides is 2. The van der Waals surface area contributed by atoms with Gasteiger partial charge in [-0.05, 0) is 39.7 Å². The molecule has 1 rings (SSSR count). The zero-order valence-corrected chi connectivity index (χ0v) is 13.9. The Hall–Kier alpha value is -0.810. The normalized spacial score (nSPS) is 21.2. The molecule has 0 spiro atoms. The number of carbonyl (C=O) groups excluding carboxylic acids is 2. The molecule has 1 fully saturated rings. The first-order chi connectivity index (χ1) is 9.00. The maximum absolute atomic E-state index is 12.5. The Kier molecular flexibility index (Phi) is 8.13. The number of likely N-dealkylation sites (N-methyl/N-ethyl adjacent to an activating group) is 2. The van der Waals surface area contributed by atoms with Crippen LogP contribution < -0.4 is 5.32 Å². The van der Waals surface area contributed by atoms with Crippen LogP contribution in [0.15, 0.2) is 0 Å². The molecular formula is C14H28ClN3O2. The van der Waals surface area contributed by atoms with Crippen molar-refractivity contribution in [3.63, 3.8) is 0 Å². The molecule has 0 aromatic carbocycles. The van der Waals surface area contributed by atoms with Crippen LogP contribution in [0.4, 0.5) is 0 Å². The Labute approximate surface area is 128 Å². The second kappa shape index (κ2) is 8.47. The Morgan fingerprint density at radius 3 is 2.20 bits per heavy atom. The number of nitrogens with zero attached hydrogens (tertiary/aromatic N) is 2. The molecule has 1 atom stereocenters. The van der Waals surface area contributed by atoms with E-state index in [-0.39, 0.29) is 30.8 Å². The summed E-state index contributed by atoms with van der Waals surface area (Å²) in [6.07, 6.45) is 2.67. The van der Waals surface area contributed by atoms with Gasteiger partial charge in [0.05, 0.1) is 12.1 Å². The van der Waals surface area contributed by atoms with Crippen LogP contribution in [0.25, 0.3) is 0 Å². The van der Waals surface area contributed by atoms with Gasteiger partial charge in [0.1, 0.15) is 0 Å². The van der Waals surface area contributed by atoms with Crippen molar-refractivity contribution >= 4 is 24.2 Å². The second-order valence-electron chi connectivity index (χ2n) is 5.19. The molecule has 1 aliphatic rings. The highest BCUT2D eigenvalue weighted by molar-refractivity contribution is 5.90. The monoisotopic (exact) mass is 305 g/mol. The highest BCUT2D eigenvalue weighted by Gasteiger charge is 2.41. The van der Waals surface area contributed by atoms with Gasteiger partial charge >= 0.3 is 0 Å². The van der Waals surface area contributed by atoms with Gasteiger partial charge in [0.15, 0.2) is 0 Å². The predicted molar refractivity (Wildman–Crippen MR) is 83.1 cm³/mol. The highest BCUT2D eigenvalue weighted by Crippen LogP contribution is 2.25. The quantitative estimate of drug-likeness (QED) is 0.804. The molecule has 0 saturated carbocycles. The number of nitrogens with one attached hydrogen (secondary N) is 1. The third-order valence-electron chi connectivity index (χ3n) is 4.09. The van der Waals surface area contributed by atoms with Crippen LogP contribution in [0.5, 0.6) is 0 Å². The van der Waals surface area contributed by atoms with Crippen molar-refractivity contribution in [2.75, 3.05) is 33.2 Å². The van der Waals surface area contributed by atoms with Crippen molar-refractivity contribution in [3.8, 4) is 0 Å². The van der Waals surface area contributed by atoms with E-state index in [0.29, 0.717) is 13.1 Å². The molecule has 0 radical (unpaired) electrons. The van der Waals surface area contributed by atoms with Crippen molar-refractivity contribution in [3.05, 3.63) is 0 Å². The van der Waals surface area contributed by atoms with Gasteiger partial charge in [-0.1, -0.05) is 6.92 Å². The number of rotatable bonds is 6. The Bertz CT molecular complexity index is 326. The average Bonchev–Trinajstić information content (AvgIpc) is 2.89. The lowest BCUT2D eigenvalue weighted by atomic mass is 9.92. The molecule has 6 heteroatoms. The van der Waals surface area contributed by atoms with E-state index in [1.165, 1.54) is 0 Å². The van der Waals surface area contributed by atoms with E-state index >= 15 is 0 Å². The minimum atomic E-state index is -0.446. The molecule has 0 bridgehead atoms. The molecule has 0 aromatic heterocycles. The minimum Gasteiger partial charge on any atom is -0.342 e. The highest BCUT2D eigenvalue weighted by atomic mass is 35.5. The summed E-state index contributed by atoms with van der Waals surface area (Å²) in [5.74, 6) is 0.0677. The molecule has 20 heavy (non-hydrogen) atoms. The fourth-order valence-electron chi connectivity index (χ4n) is 2.76. The summed E-state index contributed by atoms with van der Waals surface area (Å²) in [6, 6.07) is 0. The zero-order chi connectivity index (χ0) is 14.5. The van der Waals surface area contributed by atoms with Crippen molar-refractivity contribution < 1.29 is 9.59 Å². The van der Waals surface area contributed by atoms with Crippen LogP contribution in [-0.4, -0.2) is 60.4 Å². The summed E-state index contributed by atoms with van der Waals surface area (Å²) in [7, 11) is 1.72. The van der Waals surface area contributed by atoms with Crippen LogP contribution in [-0.2, 0) is 9.59 Å². The van der Waals surface area contributed by atoms with E-state index in [2.05, 4.69) is 5.32 Å². The summed E-state index contributed by atoms with van der Waals surface area (Å²) in [5.41, 5.74) is -0.446. The molecule has 5 nitrogen and oxygen atoms in total. The average molecular weight is 306 g/mol. The van der Waals surface area contributed by atoms with Gasteiger partial charge < -0.3 is 15.1 Å². The van der Waals surface area contributed by atoms with Crippen LogP contribution >= 0.6 is 12.4 Å². The lowest BCUT2D eigenvalue weighted by Gasteiger charge is -2.32. The van der Waals surface area contributed by atoms with E-state index in [0.717, 1.165) is 25.8 Å². The third-order valence-corrected chi connectivity index (χ3v) is 4.09. The molecule has 0 aliphatic carbocycles. The van der Waals surface area contributed by atoms with Crippen LogP contribution in [0.1, 0.15) is 40.0 Å². The topological polar surface area (TPSA) is 52.7 Å². The molecule has 1 aliphatic heterocycles. The van der Waals surface area contributed by atoms with Gasteiger partial charge in [-0.25, -0.2) is 0 Å². The fourth-order valence-corrected chi connectivity index (χ4v) is 2.76. The van der Waals surface area contributed by atoms with Gasteiger partial charge in [-0.3, -0.25) is 9.59 Å². The van der Waals surface area contributed by atoms with E-state index < -0.39 is 5.54 Å². The minimum absolute atomic E-state index is 0. The summed E-state index contributed by atoms with van der Waals surface area (Å²) in [5, 5.41) is 3.31. The predicted octanol–water partition coefficient (Wildman–Crippen LogP) is 1.27. The zero-order valence-electron chi connectivity index (χ0n) is 13.1. The molecule has 1 unspecified atom stereocenters. The number of hydrogen-bond donors (Lipinski definition) is 1. The van der Waals surface area contributed by atoms with Gasteiger partial charge in [0.2, 0.25) is 11.8 Å². The first-order valence-corrected chi connectivity index (χ1v) is 7.29. The first-order valence-electron chi connectivity index (χ1n) is 7.29. The third kappa shape index (κ3) is 4.09. The SMILES string of the molecule is CCN(CC)C(=O)CN(C)C(=O)C1(CC)CCCN1.Cl. The molecule has 1 heterocycles. The van der Waals surface area contributed by atoms with Crippen molar-refractivity contribution in [1.29, 1.82) is 0 Å². The van der Waals surface area contributed by atoms with Crippen LogP contribution in [0.3, 0.4) is 0 Å². The van der Waals surface area contributed by atoms with Crippen LogP contribution in [0, 0.1) is 0 Å². The molecule has 2 amide bonds. The summed E-state index contributed by atoms with van der Waals surface area (Å²) in [6.45, 7) is 8.37. The van der Waals surface area contributed by atoms with E-state index in [9.17, 15) is 9.59 Å². The summed E-state index contributed by atoms with van der Waals surface area (Å²) >= 11 is 0. The van der Waals surface area contributed by atoms with E-state index in [1.54, 1.807) is 16.8 Å². The molecule has 1 N–H and O–H groups in total. The first kappa shape index (κ1) is 19.2. The number of hydrogen-bond acceptors (Lipinski definition) is 3. The molecular weight excluding hydrogens is 278 g/mol. The van der Waals surface area contributed by atoms with E-state index in [4.69, 9.17) is 0 Å². The molecule has 1 saturated heterocycles. The Balaban J connectivity index is 0.00000361. The maximum atomic E-state index is 12.5. The van der Waals surface area contributed by atoms with E-state index in [1.807, 2.05) is 20.8 Å². The Morgan fingerprint density at radius 1 is 1.20 bits per heavy atom. The van der Waals surface area contributed by atoms with Crippen molar-refractivity contribution in [2.45, 2.75) is 45.6 Å². The molecule has 0 aromatic rings. The van der Waals surface area contributed by atoms with Gasteiger partial charge in [-0.15, -0.1) is 12.4 Å². The Morgan fingerprint density at radius 2 is 1.80 bits per heavy atom. The largest absolute Gasteiger partial charge is 0.342 e. The van der Waals surface area contributed by atoms with Crippen molar-refractivity contribution in [2.24, 2.45) is 0 Å². The fraction of sp³-hybridized carbons (Fsp3) is 0.857. The molecule has 118 valence electrons. The standard InChI is InChI=1S/C14H27N3O2.ClH/c1-5-14(9-8-10-15-14)13(19)16(4)11-12(18)17(6-2)7-3;/h15H,5-11H2,1-4H3;1H. The van der Waals surface area contributed by atoms with Crippen molar-refractivity contribution in [1.82, 2.24) is 15.1 Å². The second-order valence-corrected chi connectivity index (χ2v) is 5.19. The van der Waals surface area contributed by atoms with Gasteiger partial charge in [0.25, 0.3) is 0 Å². The number of carbonyl (C=O) groups is 2. The van der Waals surface area contributed by atoms with Crippen LogP contribution in [0.2, 0.25) is 0 Å². The van der Waals surface area contributed by atoms with Gasteiger partial charge in [0, 0.05) is 20.1 Å². The smallest absolute Gasteiger partial charge is 0.243 e.